The Morgan fingerprint density at radius 2 is 1.55 bits per heavy atom. The van der Waals surface area contributed by atoms with E-state index in [-0.39, 0.29) is 11.9 Å². The second-order valence-corrected chi connectivity index (χ2v) is 10.4. The van der Waals surface area contributed by atoms with Gasteiger partial charge in [-0.3, -0.25) is 0 Å². The maximum Gasteiger partial charge on any atom is 0.338 e. The lowest BCUT2D eigenvalue weighted by Gasteiger charge is -2.33. The summed E-state index contributed by atoms with van der Waals surface area (Å²) in [5.41, 5.74) is 7.19. The molecule has 0 fully saturated rings. The van der Waals surface area contributed by atoms with Crippen LogP contribution in [0.5, 0.6) is 11.5 Å². The minimum atomic E-state index is -0.363. The first-order valence-electron chi connectivity index (χ1n) is 14.7. The Hall–Kier alpha value is -4.76. The van der Waals surface area contributed by atoms with E-state index < -0.39 is 0 Å². The molecule has 4 aromatic carbocycles. The van der Waals surface area contributed by atoms with Gasteiger partial charge in [0.05, 0.1) is 24.3 Å². The smallest absolute Gasteiger partial charge is 0.338 e. The number of fused-ring (bicyclic) bond motifs is 2. The van der Waals surface area contributed by atoms with Crippen molar-refractivity contribution in [3.63, 3.8) is 0 Å². The SMILES string of the molecule is CCCCN(c1ccc(C#N)cc1)c1ccc2c(c1)C(c1ccccc1C(=O)OC)c1ccc(N(CC)CC)cc1O2. The number of nitriles is 1. The number of hydrogen-bond donors (Lipinski definition) is 0. The largest absolute Gasteiger partial charge is 0.465 e. The monoisotopic (exact) mass is 559 g/mol. The molecule has 42 heavy (non-hydrogen) atoms. The van der Waals surface area contributed by atoms with Crippen LogP contribution in [-0.2, 0) is 4.74 Å². The van der Waals surface area contributed by atoms with Crippen LogP contribution in [0.3, 0.4) is 0 Å². The summed E-state index contributed by atoms with van der Waals surface area (Å²) in [5, 5.41) is 9.32. The number of benzene rings is 4. The fourth-order valence-electron chi connectivity index (χ4n) is 5.76. The van der Waals surface area contributed by atoms with E-state index in [0.717, 1.165) is 77.7 Å². The van der Waals surface area contributed by atoms with Gasteiger partial charge in [0.2, 0.25) is 0 Å². The summed E-state index contributed by atoms with van der Waals surface area (Å²) in [4.78, 5) is 17.5. The van der Waals surface area contributed by atoms with Gasteiger partial charge in [0, 0.05) is 59.8 Å². The molecule has 1 aliphatic heterocycles. The van der Waals surface area contributed by atoms with E-state index in [0.29, 0.717) is 11.1 Å². The zero-order chi connectivity index (χ0) is 29.6. The Bertz CT molecular complexity index is 1600. The van der Waals surface area contributed by atoms with Gasteiger partial charge in [-0.05, 0) is 80.4 Å². The average Bonchev–Trinajstić information content (AvgIpc) is 3.04. The molecule has 5 rings (SSSR count). The fraction of sp³-hybridized carbons (Fsp3) is 0.278. The van der Waals surface area contributed by atoms with Gasteiger partial charge in [0.25, 0.3) is 0 Å². The molecule has 0 saturated heterocycles. The Morgan fingerprint density at radius 3 is 2.24 bits per heavy atom. The van der Waals surface area contributed by atoms with Gasteiger partial charge in [-0.1, -0.05) is 37.6 Å². The molecule has 0 radical (unpaired) electrons. The standard InChI is InChI=1S/C36H37N3O3/c1-5-8-21-39(26-15-13-25(24-37)14-16-26)28-18-20-33-32(22-28)35(29-11-9-10-12-30(29)36(40)41-4)31-19-17-27(23-34(31)42-33)38(6-2)7-3/h9-20,22-23,35H,5-8,21H2,1-4H3. The van der Waals surface area contributed by atoms with Crippen LogP contribution in [0.15, 0.2) is 84.9 Å². The molecule has 0 aromatic heterocycles. The minimum Gasteiger partial charge on any atom is -0.465 e. The van der Waals surface area contributed by atoms with Gasteiger partial charge >= 0.3 is 5.97 Å². The number of ether oxygens (including phenoxy) is 2. The lowest BCUT2D eigenvalue weighted by molar-refractivity contribution is 0.0599. The molecule has 1 atom stereocenters. The van der Waals surface area contributed by atoms with Gasteiger partial charge in [-0.25, -0.2) is 4.79 Å². The van der Waals surface area contributed by atoms with E-state index in [2.05, 4.69) is 67.0 Å². The van der Waals surface area contributed by atoms with Crippen molar-refractivity contribution in [3.8, 4) is 17.6 Å². The number of nitrogens with zero attached hydrogens (tertiary/aromatic N) is 3. The lowest BCUT2D eigenvalue weighted by atomic mass is 9.80. The summed E-state index contributed by atoms with van der Waals surface area (Å²) in [6, 6.07) is 30.3. The molecule has 6 heteroatoms. The Balaban J connectivity index is 1.68. The molecule has 1 unspecified atom stereocenters. The predicted octanol–water partition coefficient (Wildman–Crippen LogP) is 8.42. The lowest BCUT2D eigenvalue weighted by Crippen LogP contribution is -2.23. The first-order chi connectivity index (χ1) is 20.5. The highest BCUT2D eigenvalue weighted by atomic mass is 16.5. The molecule has 0 spiro atoms. The Kier molecular flexibility index (Phi) is 8.78. The molecule has 1 aliphatic rings. The quantitative estimate of drug-likeness (QED) is 0.160. The molecular formula is C36H37N3O3. The molecule has 0 saturated carbocycles. The molecule has 0 aliphatic carbocycles. The van der Waals surface area contributed by atoms with Crippen LogP contribution in [0.25, 0.3) is 0 Å². The molecule has 6 nitrogen and oxygen atoms in total. The summed E-state index contributed by atoms with van der Waals surface area (Å²) in [7, 11) is 1.42. The number of carbonyl (C=O) groups excluding carboxylic acids is 1. The number of anilines is 3. The summed E-state index contributed by atoms with van der Waals surface area (Å²) in [6.45, 7) is 9.10. The molecule has 0 bridgehead atoms. The van der Waals surface area contributed by atoms with Crippen LogP contribution in [-0.4, -0.2) is 32.7 Å². The number of methoxy groups -OCH3 is 1. The summed E-state index contributed by atoms with van der Waals surface area (Å²) >= 11 is 0. The van der Waals surface area contributed by atoms with Crippen LogP contribution >= 0.6 is 0 Å². The molecule has 214 valence electrons. The molecule has 1 heterocycles. The van der Waals surface area contributed by atoms with Gasteiger partial charge in [-0.2, -0.15) is 5.26 Å². The van der Waals surface area contributed by atoms with Crippen molar-refractivity contribution < 1.29 is 14.3 Å². The van der Waals surface area contributed by atoms with Crippen molar-refractivity contribution >= 4 is 23.0 Å². The van der Waals surface area contributed by atoms with Crippen LogP contribution in [0.2, 0.25) is 0 Å². The predicted molar refractivity (Wildman–Crippen MR) is 168 cm³/mol. The Labute approximate surface area is 248 Å². The topological polar surface area (TPSA) is 65.8 Å². The number of esters is 1. The van der Waals surface area contributed by atoms with E-state index in [1.165, 1.54) is 7.11 Å². The first-order valence-corrected chi connectivity index (χ1v) is 14.7. The van der Waals surface area contributed by atoms with Crippen LogP contribution in [0.1, 0.15) is 72.1 Å². The molecule has 0 N–H and O–H groups in total. The number of carbonyl (C=O) groups is 1. The van der Waals surface area contributed by atoms with E-state index in [9.17, 15) is 10.1 Å². The third-order valence-corrected chi connectivity index (χ3v) is 7.99. The number of unbranched alkanes of at least 4 members (excludes halogenated alkanes) is 1. The highest BCUT2D eigenvalue weighted by Gasteiger charge is 2.33. The summed E-state index contributed by atoms with van der Waals surface area (Å²) < 4.78 is 11.8. The van der Waals surface area contributed by atoms with Crippen molar-refractivity contribution in [3.05, 3.63) is 113 Å². The average molecular weight is 560 g/mol. The van der Waals surface area contributed by atoms with Gasteiger partial charge in [0.1, 0.15) is 11.5 Å². The third kappa shape index (κ3) is 5.56. The van der Waals surface area contributed by atoms with Crippen molar-refractivity contribution in [2.75, 3.05) is 36.5 Å². The maximum atomic E-state index is 13.0. The molecule has 4 aromatic rings. The zero-order valence-corrected chi connectivity index (χ0v) is 24.8. The number of rotatable bonds is 10. The highest BCUT2D eigenvalue weighted by molar-refractivity contribution is 5.92. The maximum absolute atomic E-state index is 13.0. The summed E-state index contributed by atoms with van der Waals surface area (Å²) in [6.07, 6.45) is 2.07. The van der Waals surface area contributed by atoms with E-state index in [1.807, 2.05) is 54.6 Å². The highest BCUT2D eigenvalue weighted by Crippen LogP contribution is 2.50. The normalized spacial score (nSPS) is 13.3. The van der Waals surface area contributed by atoms with Gasteiger partial charge in [-0.15, -0.1) is 0 Å². The second-order valence-electron chi connectivity index (χ2n) is 10.4. The second kappa shape index (κ2) is 12.8. The van der Waals surface area contributed by atoms with Crippen LogP contribution in [0.4, 0.5) is 17.1 Å². The zero-order valence-electron chi connectivity index (χ0n) is 24.8. The molecular weight excluding hydrogens is 522 g/mol. The fourth-order valence-corrected chi connectivity index (χ4v) is 5.76. The van der Waals surface area contributed by atoms with E-state index >= 15 is 0 Å². The van der Waals surface area contributed by atoms with Crippen molar-refractivity contribution in [2.45, 2.75) is 39.5 Å². The van der Waals surface area contributed by atoms with Crippen molar-refractivity contribution in [2.24, 2.45) is 0 Å². The Morgan fingerprint density at radius 1 is 0.833 bits per heavy atom. The van der Waals surface area contributed by atoms with Gasteiger partial charge < -0.3 is 19.3 Å². The van der Waals surface area contributed by atoms with E-state index in [4.69, 9.17) is 9.47 Å². The third-order valence-electron chi connectivity index (χ3n) is 7.99. The van der Waals surface area contributed by atoms with Crippen LogP contribution in [0, 0.1) is 11.3 Å². The summed E-state index contributed by atoms with van der Waals surface area (Å²) in [5.74, 6) is 0.958. The van der Waals surface area contributed by atoms with Crippen LogP contribution < -0.4 is 14.5 Å². The first kappa shape index (κ1) is 28.8. The number of hydrogen-bond acceptors (Lipinski definition) is 6. The van der Waals surface area contributed by atoms with E-state index in [1.54, 1.807) is 0 Å². The van der Waals surface area contributed by atoms with Crippen molar-refractivity contribution in [1.82, 2.24) is 0 Å². The van der Waals surface area contributed by atoms with Gasteiger partial charge in [0.15, 0.2) is 0 Å². The molecule has 0 amide bonds. The minimum absolute atomic E-state index is 0.237. The van der Waals surface area contributed by atoms with Crippen molar-refractivity contribution in [1.29, 1.82) is 5.26 Å².